The number of aliphatic carboxylic acids is 1. The second-order valence-corrected chi connectivity index (χ2v) is 5.25. The molecule has 0 fully saturated rings. The molecule has 0 saturated carbocycles. The lowest BCUT2D eigenvalue weighted by molar-refractivity contribution is -0.137. The van der Waals surface area contributed by atoms with E-state index < -0.39 is 12.0 Å². The lowest BCUT2D eigenvalue weighted by Crippen LogP contribution is -2.15. The van der Waals surface area contributed by atoms with Gasteiger partial charge in [0.1, 0.15) is 0 Å². The Morgan fingerprint density at radius 1 is 1.14 bits per heavy atom. The van der Waals surface area contributed by atoms with Crippen molar-refractivity contribution < 1.29 is 9.90 Å². The average Bonchev–Trinajstić information content (AvgIpc) is 2.47. The van der Waals surface area contributed by atoms with Gasteiger partial charge in [0.05, 0.1) is 6.42 Å². The summed E-state index contributed by atoms with van der Waals surface area (Å²) in [4.78, 5) is 10.8. The fraction of sp³-hybridized carbons (Fsp3) is 0.278. The normalized spacial score (nSPS) is 12.1. The molecule has 0 aliphatic heterocycles. The van der Waals surface area contributed by atoms with Gasteiger partial charge >= 0.3 is 5.97 Å². The third kappa shape index (κ3) is 4.17. The van der Waals surface area contributed by atoms with Crippen LogP contribution in [0.15, 0.2) is 48.5 Å². The number of carboxylic acid groups (broad SMARTS) is 1. The Bertz CT molecular complexity index is 622. The molecule has 1 unspecified atom stereocenters. The quantitative estimate of drug-likeness (QED) is 0.855. The fourth-order valence-corrected chi connectivity index (χ4v) is 2.53. The second-order valence-electron chi connectivity index (χ2n) is 5.25. The molecule has 0 aliphatic carbocycles. The molecule has 1 atom stereocenters. The van der Waals surface area contributed by atoms with Crippen molar-refractivity contribution in [3.05, 3.63) is 70.8 Å². The molecule has 0 saturated heterocycles. The van der Waals surface area contributed by atoms with Crippen molar-refractivity contribution >= 4 is 5.97 Å². The highest BCUT2D eigenvalue weighted by molar-refractivity contribution is 5.67. The van der Waals surface area contributed by atoms with Gasteiger partial charge in [-0.05, 0) is 35.1 Å². The highest BCUT2D eigenvalue weighted by Crippen LogP contribution is 2.19. The summed E-state index contributed by atoms with van der Waals surface area (Å²) in [5.74, 6) is -0.871. The first-order valence-corrected chi connectivity index (χ1v) is 7.23. The molecular formula is C18H21NO2. The molecule has 110 valence electrons. The molecule has 3 N–H and O–H groups in total. The predicted octanol–water partition coefficient (Wildman–Crippen LogP) is 3.31. The molecule has 0 heterocycles. The highest BCUT2D eigenvalue weighted by atomic mass is 16.4. The summed E-state index contributed by atoms with van der Waals surface area (Å²) in [6.45, 7) is 2.15. The highest BCUT2D eigenvalue weighted by Gasteiger charge is 2.11. The first-order chi connectivity index (χ1) is 10.1. The van der Waals surface area contributed by atoms with Crippen LogP contribution in [-0.4, -0.2) is 11.1 Å². The van der Waals surface area contributed by atoms with Gasteiger partial charge in [-0.1, -0.05) is 55.5 Å². The van der Waals surface area contributed by atoms with E-state index in [0.29, 0.717) is 0 Å². The van der Waals surface area contributed by atoms with Gasteiger partial charge in [-0.2, -0.15) is 0 Å². The van der Waals surface area contributed by atoms with E-state index >= 15 is 0 Å². The second kappa shape index (κ2) is 7.04. The number of carboxylic acids is 1. The molecule has 0 aliphatic rings. The van der Waals surface area contributed by atoms with Gasteiger partial charge < -0.3 is 10.8 Å². The van der Waals surface area contributed by atoms with E-state index in [0.717, 1.165) is 24.0 Å². The summed E-state index contributed by atoms with van der Waals surface area (Å²) in [6, 6.07) is 15.9. The van der Waals surface area contributed by atoms with Crippen LogP contribution < -0.4 is 5.73 Å². The number of rotatable bonds is 6. The van der Waals surface area contributed by atoms with Crippen molar-refractivity contribution in [3.63, 3.8) is 0 Å². The monoisotopic (exact) mass is 283 g/mol. The largest absolute Gasteiger partial charge is 0.481 e. The Hall–Kier alpha value is -2.13. The first-order valence-electron chi connectivity index (χ1n) is 7.23. The van der Waals surface area contributed by atoms with E-state index in [9.17, 15) is 4.79 Å². The van der Waals surface area contributed by atoms with E-state index in [2.05, 4.69) is 37.3 Å². The first kappa shape index (κ1) is 15.3. The molecule has 21 heavy (non-hydrogen) atoms. The number of benzene rings is 2. The summed E-state index contributed by atoms with van der Waals surface area (Å²) in [5.41, 5.74) is 10.6. The van der Waals surface area contributed by atoms with Crippen LogP contribution in [0.25, 0.3) is 0 Å². The van der Waals surface area contributed by atoms with Gasteiger partial charge in [0, 0.05) is 6.04 Å². The molecule has 0 aromatic heterocycles. The Balaban J connectivity index is 2.19. The van der Waals surface area contributed by atoms with E-state index in [1.807, 2.05) is 18.2 Å². The Morgan fingerprint density at radius 3 is 2.52 bits per heavy atom. The maximum atomic E-state index is 10.8. The summed E-state index contributed by atoms with van der Waals surface area (Å²) >= 11 is 0. The number of nitrogens with two attached hydrogens (primary N) is 1. The zero-order valence-electron chi connectivity index (χ0n) is 12.3. The Morgan fingerprint density at radius 2 is 1.86 bits per heavy atom. The topological polar surface area (TPSA) is 63.3 Å². The van der Waals surface area contributed by atoms with Crippen LogP contribution in [0.2, 0.25) is 0 Å². The van der Waals surface area contributed by atoms with Crippen LogP contribution in [-0.2, 0) is 17.6 Å². The lowest BCUT2D eigenvalue weighted by Gasteiger charge is -2.12. The number of hydrogen-bond acceptors (Lipinski definition) is 2. The van der Waals surface area contributed by atoms with Crippen LogP contribution in [0.1, 0.15) is 41.6 Å². The molecule has 2 aromatic rings. The molecule has 2 aromatic carbocycles. The molecule has 0 radical (unpaired) electrons. The third-order valence-corrected chi connectivity index (χ3v) is 3.67. The van der Waals surface area contributed by atoms with Crippen LogP contribution in [0, 0.1) is 0 Å². The summed E-state index contributed by atoms with van der Waals surface area (Å²) in [6.07, 6.45) is 1.81. The van der Waals surface area contributed by atoms with Crippen molar-refractivity contribution in [1.82, 2.24) is 0 Å². The number of carbonyl (C=O) groups is 1. The van der Waals surface area contributed by atoms with Gasteiger partial charge in [0.15, 0.2) is 0 Å². The molecule has 0 amide bonds. The number of hydrogen-bond donors (Lipinski definition) is 2. The Kier molecular flexibility index (Phi) is 5.12. The molecule has 3 heteroatoms. The zero-order valence-corrected chi connectivity index (χ0v) is 12.3. The van der Waals surface area contributed by atoms with E-state index in [1.165, 1.54) is 11.1 Å². The SMILES string of the molecule is CCc1ccccc1Cc1cccc(C(N)CC(=O)O)c1. The standard InChI is InChI=1S/C18H21NO2/c1-2-14-7-3-4-8-15(14)10-13-6-5-9-16(11-13)17(19)12-18(20)21/h3-9,11,17H,2,10,12,19H2,1H3,(H,20,21). The third-order valence-electron chi connectivity index (χ3n) is 3.67. The predicted molar refractivity (Wildman–Crippen MR) is 84.2 cm³/mol. The smallest absolute Gasteiger partial charge is 0.305 e. The summed E-state index contributed by atoms with van der Waals surface area (Å²) in [7, 11) is 0. The summed E-state index contributed by atoms with van der Waals surface area (Å²) in [5, 5.41) is 8.84. The van der Waals surface area contributed by atoms with Gasteiger partial charge in [-0.3, -0.25) is 4.79 Å². The van der Waals surface area contributed by atoms with Crippen molar-refractivity contribution in [2.24, 2.45) is 5.73 Å². The van der Waals surface area contributed by atoms with Crippen LogP contribution in [0.4, 0.5) is 0 Å². The molecular weight excluding hydrogens is 262 g/mol. The summed E-state index contributed by atoms with van der Waals surface area (Å²) < 4.78 is 0. The Labute approximate surface area is 125 Å². The maximum Gasteiger partial charge on any atom is 0.305 e. The molecule has 3 nitrogen and oxygen atoms in total. The molecule has 0 spiro atoms. The van der Waals surface area contributed by atoms with Crippen LogP contribution >= 0.6 is 0 Å². The van der Waals surface area contributed by atoms with E-state index in [-0.39, 0.29) is 6.42 Å². The minimum Gasteiger partial charge on any atom is -0.481 e. The minimum atomic E-state index is -0.871. The van der Waals surface area contributed by atoms with Gasteiger partial charge in [0.25, 0.3) is 0 Å². The number of aryl methyl sites for hydroxylation is 1. The van der Waals surface area contributed by atoms with Crippen molar-refractivity contribution in [2.45, 2.75) is 32.2 Å². The van der Waals surface area contributed by atoms with E-state index in [1.54, 1.807) is 0 Å². The van der Waals surface area contributed by atoms with Gasteiger partial charge in [-0.15, -0.1) is 0 Å². The maximum absolute atomic E-state index is 10.8. The fourth-order valence-electron chi connectivity index (χ4n) is 2.53. The van der Waals surface area contributed by atoms with Crippen LogP contribution in [0.3, 0.4) is 0 Å². The lowest BCUT2D eigenvalue weighted by atomic mass is 9.95. The van der Waals surface area contributed by atoms with E-state index in [4.69, 9.17) is 10.8 Å². The minimum absolute atomic E-state index is 0.0466. The van der Waals surface area contributed by atoms with Crippen molar-refractivity contribution in [2.75, 3.05) is 0 Å². The van der Waals surface area contributed by atoms with Gasteiger partial charge in [-0.25, -0.2) is 0 Å². The molecule has 2 rings (SSSR count). The van der Waals surface area contributed by atoms with Gasteiger partial charge in [0.2, 0.25) is 0 Å². The van der Waals surface area contributed by atoms with Crippen molar-refractivity contribution in [1.29, 1.82) is 0 Å². The average molecular weight is 283 g/mol. The molecule has 0 bridgehead atoms. The van der Waals surface area contributed by atoms with Crippen molar-refractivity contribution in [3.8, 4) is 0 Å². The van der Waals surface area contributed by atoms with Crippen LogP contribution in [0.5, 0.6) is 0 Å². The zero-order chi connectivity index (χ0) is 15.2.